The molecule has 0 radical (unpaired) electrons. The lowest BCUT2D eigenvalue weighted by atomic mass is 10.1. The average Bonchev–Trinajstić information content (AvgIpc) is 2.67. The number of hydrogen-bond donors (Lipinski definition) is 2. The quantitative estimate of drug-likeness (QED) is 0.409. The van der Waals surface area contributed by atoms with E-state index >= 15 is 0 Å². The minimum absolute atomic E-state index is 0.208. The maximum atomic E-state index is 12.9. The van der Waals surface area contributed by atoms with Gasteiger partial charge in [0.05, 0.1) is 6.61 Å². The number of halogens is 1. The molecule has 4 nitrogen and oxygen atoms in total. The summed E-state index contributed by atoms with van der Waals surface area (Å²) in [4.78, 5) is 4.26. The molecule has 26 heavy (non-hydrogen) atoms. The van der Waals surface area contributed by atoms with E-state index in [4.69, 9.17) is 4.74 Å². The van der Waals surface area contributed by atoms with Gasteiger partial charge in [0.1, 0.15) is 5.82 Å². The zero-order valence-electron chi connectivity index (χ0n) is 15.6. The molecule has 5 heteroatoms. The number of aliphatic imine (C=N–C) groups is 1. The van der Waals surface area contributed by atoms with Crippen molar-refractivity contribution in [2.75, 3.05) is 20.2 Å². The van der Waals surface area contributed by atoms with Gasteiger partial charge in [0.25, 0.3) is 0 Å². The Morgan fingerprint density at radius 1 is 1.04 bits per heavy atom. The summed E-state index contributed by atoms with van der Waals surface area (Å²) >= 11 is 0. The molecule has 0 spiro atoms. The van der Waals surface area contributed by atoms with Gasteiger partial charge in [0, 0.05) is 26.7 Å². The van der Waals surface area contributed by atoms with Gasteiger partial charge < -0.3 is 15.4 Å². The fraction of sp³-hybridized carbons (Fsp3) is 0.381. The van der Waals surface area contributed by atoms with Crippen LogP contribution in [0.25, 0.3) is 0 Å². The van der Waals surface area contributed by atoms with Crippen LogP contribution >= 0.6 is 0 Å². The Morgan fingerprint density at radius 3 is 2.46 bits per heavy atom. The molecule has 0 heterocycles. The second kappa shape index (κ2) is 11.3. The Balaban J connectivity index is 1.80. The van der Waals surface area contributed by atoms with E-state index in [1.165, 1.54) is 23.3 Å². The summed E-state index contributed by atoms with van der Waals surface area (Å²) in [6.45, 7) is 4.92. The van der Waals surface area contributed by atoms with E-state index in [0.717, 1.165) is 37.5 Å². The van der Waals surface area contributed by atoms with Crippen molar-refractivity contribution in [1.29, 1.82) is 0 Å². The number of nitrogens with zero attached hydrogens (tertiary/aromatic N) is 1. The lowest BCUT2D eigenvalue weighted by Crippen LogP contribution is -2.38. The maximum Gasteiger partial charge on any atom is 0.191 e. The third-order valence-corrected chi connectivity index (χ3v) is 4.01. The van der Waals surface area contributed by atoms with E-state index in [1.807, 2.05) is 12.1 Å². The van der Waals surface area contributed by atoms with E-state index in [1.54, 1.807) is 19.2 Å². The number of guanidine groups is 1. The lowest BCUT2D eigenvalue weighted by molar-refractivity contribution is 0.121. The van der Waals surface area contributed by atoms with Gasteiger partial charge in [-0.3, -0.25) is 4.99 Å². The Morgan fingerprint density at radius 2 is 1.77 bits per heavy atom. The molecule has 2 N–H and O–H groups in total. The fourth-order valence-electron chi connectivity index (χ4n) is 2.57. The second-order valence-electron chi connectivity index (χ2n) is 6.05. The Kier molecular flexibility index (Phi) is 8.63. The number of ether oxygens (including phenoxy) is 1. The minimum Gasteiger partial charge on any atom is -0.377 e. The predicted octanol–water partition coefficient (Wildman–Crippen LogP) is 3.66. The van der Waals surface area contributed by atoms with Gasteiger partial charge in [0.2, 0.25) is 0 Å². The third kappa shape index (κ3) is 6.84. The summed E-state index contributed by atoms with van der Waals surface area (Å²) in [6, 6.07) is 14.8. The predicted molar refractivity (Wildman–Crippen MR) is 105 cm³/mol. The first-order valence-electron chi connectivity index (χ1n) is 9.06. The van der Waals surface area contributed by atoms with Crippen LogP contribution in [0.1, 0.15) is 30.0 Å². The van der Waals surface area contributed by atoms with Gasteiger partial charge >= 0.3 is 0 Å². The molecule has 2 rings (SSSR count). The molecular formula is C21H28FN3O. The molecule has 0 aromatic heterocycles. The van der Waals surface area contributed by atoms with Gasteiger partial charge in [-0.05, 0) is 41.7 Å². The number of benzene rings is 2. The van der Waals surface area contributed by atoms with Gasteiger partial charge in [-0.15, -0.1) is 0 Å². The molecule has 0 unspecified atom stereocenters. The highest BCUT2D eigenvalue weighted by molar-refractivity contribution is 5.79. The highest BCUT2D eigenvalue weighted by atomic mass is 19.1. The van der Waals surface area contributed by atoms with Gasteiger partial charge in [0.15, 0.2) is 5.96 Å². The molecule has 2 aromatic carbocycles. The molecule has 0 atom stereocenters. The van der Waals surface area contributed by atoms with Crippen molar-refractivity contribution in [2.45, 2.75) is 32.9 Å². The first kappa shape index (κ1) is 19.9. The standard InChI is InChI=1S/C21H28FN3O/c1-3-14-26-16-19-7-5-4-6-18(19)15-25-21(23-2)24-13-12-17-8-10-20(22)11-9-17/h4-11H,3,12-16H2,1-2H3,(H2,23,24,25). The molecule has 0 saturated carbocycles. The Bertz CT molecular complexity index is 686. The molecule has 140 valence electrons. The summed E-state index contributed by atoms with van der Waals surface area (Å²) in [7, 11) is 1.75. The molecule has 2 aromatic rings. The number of hydrogen-bond acceptors (Lipinski definition) is 2. The topological polar surface area (TPSA) is 45.6 Å². The van der Waals surface area contributed by atoms with Crippen molar-refractivity contribution in [3.8, 4) is 0 Å². The van der Waals surface area contributed by atoms with Crippen molar-refractivity contribution < 1.29 is 9.13 Å². The molecule has 0 aliphatic carbocycles. The number of rotatable bonds is 9. The van der Waals surface area contributed by atoms with Crippen LogP contribution in [0.2, 0.25) is 0 Å². The highest BCUT2D eigenvalue weighted by Gasteiger charge is 2.04. The Hall–Kier alpha value is -2.40. The van der Waals surface area contributed by atoms with Gasteiger partial charge in [-0.25, -0.2) is 4.39 Å². The molecule has 0 aliphatic rings. The number of nitrogens with one attached hydrogen (secondary N) is 2. The van der Waals surface area contributed by atoms with Crippen LogP contribution in [0.4, 0.5) is 4.39 Å². The second-order valence-corrected chi connectivity index (χ2v) is 6.05. The minimum atomic E-state index is -0.208. The third-order valence-electron chi connectivity index (χ3n) is 4.01. The van der Waals surface area contributed by atoms with Crippen molar-refractivity contribution in [1.82, 2.24) is 10.6 Å². The van der Waals surface area contributed by atoms with E-state index in [-0.39, 0.29) is 5.82 Å². The summed E-state index contributed by atoms with van der Waals surface area (Å²) < 4.78 is 18.6. The van der Waals surface area contributed by atoms with E-state index in [9.17, 15) is 4.39 Å². The normalized spacial score (nSPS) is 11.4. The highest BCUT2D eigenvalue weighted by Crippen LogP contribution is 2.10. The average molecular weight is 357 g/mol. The van der Waals surface area contributed by atoms with Crippen molar-refractivity contribution >= 4 is 5.96 Å². The maximum absolute atomic E-state index is 12.9. The first-order chi connectivity index (χ1) is 12.7. The smallest absolute Gasteiger partial charge is 0.191 e. The zero-order chi connectivity index (χ0) is 18.6. The molecule has 0 aliphatic heterocycles. The Labute approximate surface area is 155 Å². The first-order valence-corrected chi connectivity index (χ1v) is 9.06. The van der Waals surface area contributed by atoms with Crippen LogP contribution in [0.5, 0.6) is 0 Å². The fourth-order valence-corrected chi connectivity index (χ4v) is 2.57. The van der Waals surface area contributed by atoms with Crippen LogP contribution < -0.4 is 10.6 Å². The van der Waals surface area contributed by atoms with Crippen LogP contribution in [0, 0.1) is 5.82 Å². The van der Waals surface area contributed by atoms with E-state index in [0.29, 0.717) is 13.2 Å². The van der Waals surface area contributed by atoms with E-state index in [2.05, 4.69) is 34.7 Å². The van der Waals surface area contributed by atoms with Gasteiger partial charge in [-0.2, -0.15) is 0 Å². The van der Waals surface area contributed by atoms with Crippen LogP contribution in [0.15, 0.2) is 53.5 Å². The molecule has 0 bridgehead atoms. The molecule has 0 amide bonds. The van der Waals surface area contributed by atoms with Crippen LogP contribution in [0.3, 0.4) is 0 Å². The van der Waals surface area contributed by atoms with Crippen molar-refractivity contribution in [2.24, 2.45) is 4.99 Å². The summed E-state index contributed by atoms with van der Waals surface area (Å²) in [6.07, 6.45) is 1.83. The largest absolute Gasteiger partial charge is 0.377 e. The summed E-state index contributed by atoms with van der Waals surface area (Å²) in [5.41, 5.74) is 3.48. The van der Waals surface area contributed by atoms with Crippen LogP contribution in [-0.2, 0) is 24.3 Å². The summed E-state index contributed by atoms with van der Waals surface area (Å²) in [5, 5.41) is 6.62. The molecule has 0 fully saturated rings. The lowest BCUT2D eigenvalue weighted by Gasteiger charge is -2.14. The zero-order valence-corrected chi connectivity index (χ0v) is 15.6. The van der Waals surface area contributed by atoms with Crippen molar-refractivity contribution in [3.63, 3.8) is 0 Å². The molecule has 0 saturated heterocycles. The summed E-state index contributed by atoms with van der Waals surface area (Å²) in [5.74, 6) is 0.539. The van der Waals surface area contributed by atoms with E-state index < -0.39 is 0 Å². The van der Waals surface area contributed by atoms with Crippen LogP contribution in [-0.4, -0.2) is 26.2 Å². The SMILES string of the molecule is CCCOCc1ccccc1CNC(=NC)NCCc1ccc(F)cc1. The van der Waals surface area contributed by atoms with Crippen molar-refractivity contribution in [3.05, 3.63) is 71.0 Å². The van der Waals surface area contributed by atoms with Gasteiger partial charge in [-0.1, -0.05) is 43.3 Å². The monoisotopic (exact) mass is 357 g/mol. The molecular weight excluding hydrogens is 329 g/mol.